The Morgan fingerprint density at radius 2 is 2.27 bits per heavy atom. The van der Waals surface area contributed by atoms with Gasteiger partial charge in [0.25, 0.3) is 0 Å². The SMILES string of the molecule is CCc1cc(CN)cc(NCCOC)n1. The molecule has 1 aromatic rings. The molecular formula is C11H19N3O. The molecule has 0 aliphatic heterocycles. The molecule has 1 heterocycles. The van der Waals surface area contributed by atoms with Gasteiger partial charge in [-0.05, 0) is 24.1 Å². The van der Waals surface area contributed by atoms with E-state index in [9.17, 15) is 0 Å². The van der Waals surface area contributed by atoms with Crippen molar-refractivity contribution in [2.75, 3.05) is 25.6 Å². The van der Waals surface area contributed by atoms with E-state index in [1.807, 2.05) is 12.1 Å². The first kappa shape index (κ1) is 11.9. The van der Waals surface area contributed by atoms with Gasteiger partial charge in [-0.25, -0.2) is 4.98 Å². The Morgan fingerprint density at radius 1 is 1.47 bits per heavy atom. The first-order valence-electron chi connectivity index (χ1n) is 5.22. The number of nitrogens with one attached hydrogen (secondary N) is 1. The van der Waals surface area contributed by atoms with Crippen molar-refractivity contribution in [2.45, 2.75) is 19.9 Å². The van der Waals surface area contributed by atoms with E-state index in [0.717, 1.165) is 30.0 Å². The zero-order chi connectivity index (χ0) is 11.1. The van der Waals surface area contributed by atoms with Gasteiger partial charge in [0.1, 0.15) is 5.82 Å². The molecule has 1 aromatic heterocycles. The van der Waals surface area contributed by atoms with Crippen LogP contribution >= 0.6 is 0 Å². The second-order valence-corrected chi connectivity index (χ2v) is 3.33. The molecular weight excluding hydrogens is 190 g/mol. The van der Waals surface area contributed by atoms with E-state index in [-0.39, 0.29) is 0 Å². The number of aryl methyl sites for hydroxylation is 1. The summed E-state index contributed by atoms with van der Waals surface area (Å²) in [6, 6.07) is 4.02. The number of ether oxygens (including phenoxy) is 1. The van der Waals surface area contributed by atoms with Crippen LogP contribution in [0.15, 0.2) is 12.1 Å². The van der Waals surface area contributed by atoms with Crippen molar-refractivity contribution < 1.29 is 4.74 Å². The fraction of sp³-hybridized carbons (Fsp3) is 0.545. The minimum absolute atomic E-state index is 0.550. The van der Waals surface area contributed by atoms with Crippen molar-refractivity contribution in [3.05, 3.63) is 23.4 Å². The van der Waals surface area contributed by atoms with Crippen LogP contribution in [0.5, 0.6) is 0 Å². The number of aromatic nitrogens is 1. The predicted molar refractivity (Wildman–Crippen MR) is 61.9 cm³/mol. The maximum atomic E-state index is 5.62. The van der Waals surface area contributed by atoms with Crippen LogP contribution in [0.4, 0.5) is 5.82 Å². The molecule has 0 bridgehead atoms. The molecule has 15 heavy (non-hydrogen) atoms. The van der Waals surface area contributed by atoms with E-state index < -0.39 is 0 Å². The lowest BCUT2D eigenvalue weighted by Crippen LogP contribution is -2.10. The van der Waals surface area contributed by atoms with E-state index in [0.29, 0.717) is 13.2 Å². The Morgan fingerprint density at radius 3 is 2.87 bits per heavy atom. The second kappa shape index (κ2) is 6.37. The van der Waals surface area contributed by atoms with Gasteiger partial charge in [-0.2, -0.15) is 0 Å². The molecule has 3 N–H and O–H groups in total. The number of hydrogen-bond donors (Lipinski definition) is 2. The molecule has 4 heteroatoms. The van der Waals surface area contributed by atoms with Crippen LogP contribution in [0.2, 0.25) is 0 Å². The van der Waals surface area contributed by atoms with Gasteiger partial charge in [0, 0.05) is 25.9 Å². The van der Waals surface area contributed by atoms with E-state index >= 15 is 0 Å². The summed E-state index contributed by atoms with van der Waals surface area (Å²) in [5, 5.41) is 3.20. The van der Waals surface area contributed by atoms with Crippen molar-refractivity contribution in [3.63, 3.8) is 0 Å². The van der Waals surface area contributed by atoms with Crippen molar-refractivity contribution in [1.82, 2.24) is 4.98 Å². The smallest absolute Gasteiger partial charge is 0.126 e. The number of hydrogen-bond acceptors (Lipinski definition) is 4. The topological polar surface area (TPSA) is 60.2 Å². The summed E-state index contributed by atoms with van der Waals surface area (Å²) in [5.41, 5.74) is 7.80. The fourth-order valence-corrected chi connectivity index (χ4v) is 1.32. The molecule has 0 fully saturated rings. The van der Waals surface area contributed by atoms with E-state index in [2.05, 4.69) is 17.2 Å². The molecule has 4 nitrogen and oxygen atoms in total. The summed E-state index contributed by atoms with van der Waals surface area (Å²) in [4.78, 5) is 4.45. The lowest BCUT2D eigenvalue weighted by Gasteiger charge is -2.08. The molecule has 0 saturated heterocycles. The van der Waals surface area contributed by atoms with Crippen LogP contribution in [0, 0.1) is 0 Å². The highest BCUT2D eigenvalue weighted by Gasteiger charge is 2.00. The first-order chi connectivity index (χ1) is 7.30. The number of nitrogens with zero attached hydrogens (tertiary/aromatic N) is 1. The summed E-state index contributed by atoms with van der Waals surface area (Å²) in [7, 11) is 1.68. The molecule has 0 radical (unpaired) electrons. The zero-order valence-corrected chi connectivity index (χ0v) is 9.42. The number of methoxy groups -OCH3 is 1. The quantitative estimate of drug-likeness (QED) is 0.690. The molecule has 0 atom stereocenters. The lowest BCUT2D eigenvalue weighted by molar-refractivity contribution is 0.210. The van der Waals surface area contributed by atoms with Gasteiger partial charge in [0.15, 0.2) is 0 Å². The second-order valence-electron chi connectivity index (χ2n) is 3.33. The Labute approximate surface area is 90.8 Å². The number of anilines is 1. The van der Waals surface area contributed by atoms with Crippen molar-refractivity contribution in [1.29, 1.82) is 0 Å². The highest BCUT2D eigenvalue weighted by atomic mass is 16.5. The Hall–Kier alpha value is -1.13. The Balaban J connectivity index is 2.68. The van der Waals surface area contributed by atoms with Crippen molar-refractivity contribution >= 4 is 5.82 Å². The van der Waals surface area contributed by atoms with Gasteiger partial charge < -0.3 is 15.8 Å². The van der Waals surface area contributed by atoms with Gasteiger partial charge in [-0.1, -0.05) is 6.92 Å². The summed E-state index contributed by atoms with van der Waals surface area (Å²) in [6.07, 6.45) is 0.923. The molecule has 1 rings (SSSR count). The standard InChI is InChI=1S/C11H19N3O/c1-3-10-6-9(8-12)7-11(14-10)13-4-5-15-2/h6-7H,3-5,8,12H2,1-2H3,(H,13,14). The zero-order valence-electron chi connectivity index (χ0n) is 9.42. The number of nitrogens with two attached hydrogens (primary N) is 1. The monoisotopic (exact) mass is 209 g/mol. The Bertz CT molecular complexity index is 280. The van der Waals surface area contributed by atoms with Crippen LogP contribution in [0.1, 0.15) is 18.2 Å². The molecule has 0 saturated carbocycles. The molecule has 0 aliphatic carbocycles. The van der Waals surface area contributed by atoms with Crippen LogP contribution in [-0.2, 0) is 17.7 Å². The summed E-state index contributed by atoms with van der Waals surface area (Å²) in [5.74, 6) is 0.881. The van der Waals surface area contributed by atoms with Gasteiger partial charge in [-0.3, -0.25) is 0 Å². The van der Waals surface area contributed by atoms with Crippen LogP contribution in [0.25, 0.3) is 0 Å². The fourth-order valence-electron chi connectivity index (χ4n) is 1.32. The lowest BCUT2D eigenvalue weighted by atomic mass is 10.2. The molecule has 0 unspecified atom stereocenters. The third kappa shape index (κ3) is 3.85. The Kier molecular flexibility index (Phi) is 5.07. The van der Waals surface area contributed by atoms with Crippen LogP contribution < -0.4 is 11.1 Å². The minimum atomic E-state index is 0.550. The molecule has 84 valence electrons. The van der Waals surface area contributed by atoms with Gasteiger partial charge >= 0.3 is 0 Å². The third-order valence-electron chi connectivity index (χ3n) is 2.15. The van der Waals surface area contributed by atoms with Gasteiger partial charge in [0.05, 0.1) is 6.61 Å². The van der Waals surface area contributed by atoms with E-state index in [1.165, 1.54) is 0 Å². The summed E-state index contributed by atoms with van der Waals surface area (Å²) in [6.45, 7) is 4.08. The first-order valence-corrected chi connectivity index (χ1v) is 5.22. The van der Waals surface area contributed by atoms with Gasteiger partial charge in [-0.15, -0.1) is 0 Å². The molecule has 0 aromatic carbocycles. The summed E-state index contributed by atoms with van der Waals surface area (Å²) >= 11 is 0. The normalized spacial score (nSPS) is 10.3. The number of rotatable bonds is 6. The highest BCUT2D eigenvalue weighted by Crippen LogP contribution is 2.10. The minimum Gasteiger partial charge on any atom is -0.383 e. The van der Waals surface area contributed by atoms with Crippen LogP contribution in [-0.4, -0.2) is 25.2 Å². The van der Waals surface area contributed by atoms with Crippen molar-refractivity contribution in [3.8, 4) is 0 Å². The number of pyridine rings is 1. The van der Waals surface area contributed by atoms with E-state index in [1.54, 1.807) is 7.11 Å². The molecule has 0 aliphatic rings. The maximum absolute atomic E-state index is 5.62. The van der Waals surface area contributed by atoms with Gasteiger partial charge in [0.2, 0.25) is 0 Å². The summed E-state index contributed by atoms with van der Waals surface area (Å²) < 4.78 is 4.96. The predicted octanol–water partition coefficient (Wildman–Crippen LogP) is 1.16. The molecule has 0 spiro atoms. The highest BCUT2D eigenvalue weighted by molar-refractivity contribution is 5.39. The van der Waals surface area contributed by atoms with Crippen LogP contribution in [0.3, 0.4) is 0 Å². The molecule has 0 amide bonds. The van der Waals surface area contributed by atoms with Crippen molar-refractivity contribution in [2.24, 2.45) is 5.73 Å². The van der Waals surface area contributed by atoms with E-state index in [4.69, 9.17) is 10.5 Å². The average molecular weight is 209 g/mol. The average Bonchev–Trinajstić information content (AvgIpc) is 2.29. The largest absolute Gasteiger partial charge is 0.383 e. The third-order valence-corrected chi connectivity index (χ3v) is 2.15. The maximum Gasteiger partial charge on any atom is 0.126 e.